The van der Waals surface area contributed by atoms with Crippen molar-refractivity contribution in [1.82, 2.24) is 4.90 Å². The van der Waals surface area contributed by atoms with Crippen LogP contribution in [0.2, 0.25) is 5.02 Å². The Hall–Kier alpha value is -1.71. The van der Waals surface area contributed by atoms with Gasteiger partial charge in [0.2, 0.25) is 0 Å². The zero-order valence-electron chi connectivity index (χ0n) is 14.3. The topological polar surface area (TPSA) is 21.7 Å². The molecule has 1 atom stereocenters. The number of rotatable bonds is 6. The number of halogens is 1. The molecule has 0 aromatic heterocycles. The molecule has 0 N–H and O–H groups in total. The van der Waals surface area contributed by atoms with Gasteiger partial charge in [0.15, 0.2) is 0 Å². The molecule has 0 spiro atoms. The van der Waals surface area contributed by atoms with E-state index in [9.17, 15) is 0 Å². The lowest BCUT2D eigenvalue weighted by Gasteiger charge is -2.26. The van der Waals surface area contributed by atoms with E-state index < -0.39 is 0 Å². The molecule has 2 aromatic rings. The summed E-state index contributed by atoms with van der Waals surface area (Å²) < 4.78 is 12.0. The minimum Gasteiger partial charge on any atom is -0.491 e. The van der Waals surface area contributed by atoms with Crippen LogP contribution in [-0.2, 0) is 0 Å². The van der Waals surface area contributed by atoms with E-state index in [1.165, 1.54) is 5.56 Å². The standard InChI is InChI=1S/C20H24ClNO2/c1-16-7-9-17(10-8-16)24-20(2)11-12-22(15-20)13-14-23-19-6-4-3-5-18(19)21/h3-10H,11-15H2,1-2H3. The third-order valence-corrected chi connectivity index (χ3v) is 4.71. The van der Waals surface area contributed by atoms with Crippen molar-refractivity contribution in [2.75, 3.05) is 26.2 Å². The summed E-state index contributed by atoms with van der Waals surface area (Å²) in [4.78, 5) is 2.38. The zero-order chi connectivity index (χ0) is 17.0. The number of nitrogens with zero attached hydrogens (tertiary/aromatic N) is 1. The third kappa shape index (κ3) is 4.43. The predicted molar refractivity (Wildman–Crippen MR) is 98.2 cm³/mol. The summed E-state index contributed by atoms with van der Waals surface area (Å²) in [5.41, 5.74) is 1.11. The maximum atomic E-state index is 6.23. The minimum absolute atomic E-state index is 0.139. The first kappa shape index (κ1) is 17.1. The fraction of sp³-hybridized carbons (Fsp3) is 0.400. The van der Waals surface area contributed by atoms with Crippen LogP contribution in [0.25, 0.3) is 0 Å². The van der Waals surface area contributed by atoms with Crippen LogP contribution >= 0.6 is 11.6 Å². The number of likely N-dealkylation sites (tertiary alicyclic amines) is 1. The van der Waals surface area contributed by atoms with E-state index in [1.807, 2.05) is 36.4 Å². The molecule has 1 aliphatic rings. The van der Waals surface area contributed by atoms with Crippen LogP contribution in [0.15, 0.2) is 48.5 Å². The lowest BCUT2D eigenvalue weighted by atomic mass is 10.1. The molecule has 0 bridgehead atoms. The van der Waals surface area contributed by atoms with Gasteiger partial charge in [-0.25, -0.2) is 0 Å². The summed E-state index contributed by atoms with van der Waals surface area (Å²) in [5.74, 6) is 1.69. The minimum atomic E-state index is -0.139. The van der Waals surface area contributed by atoms with Crippen LogP contribution in [0.1, 0.15) is 18.9 Å². The first-order valence-electron chi connectivity index (χ1n) is 8.39. The van der Waals surface area contributed by atoms with Crippen LogP contribution in [0, 0.1) is 6.92 Å². The molecule has 4 heteroatoms. The van der Waals surface area contributed by atoms with Gasteiger partial charge < -0.3 is 9.47 Å². The van der Waals surface area contributed by atoms with Crippen molar-refractivity contribution in [3.63, 3.8) is 0 Å². The summed E-state index contributed by atoms with van der Waals surface area (Å²) in [6, 6.07) is 15.8. The molecule has 1 aliphatic heterocycles. The Labute approximate surface area is 149 Å². The van der Waals surface area contributed by atoms with E-state index in [2.05, 4.69) is 30.9 Å². The van der Waals surface area contributed by atoms with E-state index in [0.717, 1.165) is 37.6 Å². The molecule has 0 radical (unpaired) electrons. The van der Waals surface area contributed by atoms with Crippen molar-refractivity contribution >= 4 is 11.6 Å². The SMILES string of the molecule is Cc1ccc(OC2(C)CCN(CCOc3ccccc3Cl)C2)cc1. The Bertz CT molecular complexity index is 674. The smallest absolute Gasteiger partial charge is 0.137 e. The lowest BCUT2D eigenvalue weighted by molar-refractivity contribution is 0.0935. The third-order valence-electron chi connectivity index (χ3n) is 4.40. The molecule has 1 unspecified atom stereocenters. The molecule has 1 saturated heterocycles. The van der Waals surface area contributed by atoms with Gasteiger partial charge in [0.05, 0.1) is 5.02 Å². The molecule has 24 heavy (non-hydrogen) atoms. The van der Waals surface area contributed by atoms with Crippen LogP contribution in [0.4, 0.5) is 0 Å². The number of aryl methyl sites for hydroxylation is 1. The number of hydrogen-bond acceptors (Lipinski definition) is 3. The van der Waals surface area contributed by atoms with Gasteiger partial charge in [-0.05, 0) is 38.1 Å². The molecule has 1 heterocycles. The number of ether oxygens (including phenoxy) is 2. The van der Waals surface area contributed by atoms with Crippen LogP contribution < -0.4 is 9.47 Å². The van der Waals surface area contributed by atoms with Gasteiger partial charge in [-0.3, -0.25) is 4.90 Å². The Kier molecular flexibility index (Phi) is 5.32. The normalized spacial score (nSPS) is 21.0. The number of para-hydroxylation sites is 1. The molecular formula is C20H24ClNO2. The van der Waals surface area contributed by atoms with E-state index >= 15 is 0 Å². The fourth-order valence-electron chi connectivity index (χ4n) is 3.04. The highest BCUT2D eigenvalue weighted by Crippen LogP contribution is 2.28. The molecule has 0 amide bonds. The van der Waals surface area contributed by atoms with Gasteiger partial charge in [-0.2, -0.15) is 0 Å². The van der Waals surface area contributed by atoms with E-state index in [-0.39, 0.29) is 5.60 Å². The summed E-state index contributed by atoms with van der Waals surface area (Å²) in [6.45, 7) is 7.70. The maximum Gasteiger partial charge on any atom is 0.137 e. The van der Waals surface area contributed by atoms with E-state index in [1.54, 1.807) is 0 Å². The Balaban J connectivity index is 1.48. The second-order valence-electron chi connectivity index (χ2n) is 6.67. The fourth-order valence-corrected chi connectivity index (χ4v) is 3.23. The maximum absolute atomic E-state index is 6.23. The summed E-state index contributed by atoms with van der Waals surface area (Å²) in [5, 5.41) is 0.659. The largest absolute Gasteiger partial charge is 0.491 e. The highest BCUT2D eigenvalue weighted by atomic mass is 35.5. The first-order chi connectivity index (χ1) is 11.5. The number of benzene rings is 2. The molecule has 1 fully saturated rings. The number of hydrogen-bond donors (Lipinski definition) is 0. The first-order valence-corrected chi connectivity index (χ1v) is 8.77. The van der Waals surface area contributed by atoms with Gasteiger partial charge >= 0.3 is 0 Å². The van der Waals surface area contributed by atoms with Crippen molar-refractivity contribution < 1.29 is 9.47 Å². The van der Waals surface area contributed by atoms with Crippen LogP contribution in [0.3, 0.4) is 0 Å². The quantitative estimate of drug-likeness (QED) is 0.765. The second kappa shape index (κ2) is 7.45. The molecule has 3 rings (SSSR count). The highest BCUT2D eigenvalue weighted by Gasteiger charge is 2.35. The van der Waals surface area contributed by atoms with Crippen molar-refractivity contribution in [2.24, 2.45) is 0 Å². The van der Waals surface area contributed by atoms with Gasteiger partial charge in [0.25, 0.3) is 0 Å². The summed E-state index contributed by atoms with van der Waals surface area (Å²) in [7, 11) is 0. The molecule has 3 nitrogen and oxygen atoms in total. The molecule has 0 saturated carbocycles. The van der Waals surface area contributed by atoms with Crippen LogP contribution in [0.5, 0.6) is 11.5 Å². The Morgan fingerprint density at radius 1 is 1.12 bits per heavy atom. The average molecular weight is 346 g/mol. The highest BCUT2D eigenvalue weighted by molar-refractivity contribution is 6.32. The average Bonchev–Trinajstić information content (AvgIpc) is 2.93. The molecule has 128 valence electrons. The molecular weight excluding hydrogens is 322 g/mol. The van der Waals surface area contributed by atoms with Crippen molar-refractivity contribution in [3.05, 3.63) is 59.1 Å². The summed E-state index contributed by atoms with van der Waals surface area (Å²) in [6.07, 6.45) is 1.02. The predicted octanol–water partition coefficient (Wildman–Crippen LogP) is 4.57. The molecule has 0 aliphatic carbocycles. The summed E-state index contributed by atoms with van der Waals surface area (Å²) >= 11 is 6.11. The molecule has 2 aromatic carbocycles. The van der Waals surface area contributed by atoms with Crippen molar-refractivity contribution in [1.29, 1.82) is 0 Å². The van der Waals surface area contributed by atoms with Gasteiger partial charge in [0.1, 0.15) is 23.7 Å². The second-order valence-corrected chi connectivity index (χ2v) is 7.08. The van der Waals surface area contributed by atoms with E-state index in [0.29, 0.717) is 11.6 Å². The Morgan fingerprint density at radius 3 is 2.62 bits per heavy atom. The van der Waals surface area contributed by atoms with Gasteiger partial charge in [-0.1, -0.05) is 41.4 Å². The van der Waals surface area contributed by atoms with Gasteiger partial charge in [-0.15, -0.1) is 0 Å². The zero-order valence-corrected chi connectivity index (χ0v) is 15.1. The van der Waals surface area contributed by atoms with Crippen molar-refractivity contribution in [2.45, 2.75) is 25.9 Å². The van der Waals surface area contributed by atoms with Crippen LogP contribution in [-0.4, -0.2) is 36.7 Å². The van der Waals surface area contributed by atoms with Gasteiger partial charge in [0, 0.05) is 26.1 Å². The monoisotopic (exact) mass is 345 g/mol. The lowest BCUT2D eigenvalue weighted by Crippen LogP contribution is -2.37. The Morgan fingerprint density at radius 2 is 1.88 bits per heavy atom. The van der Waals surface area contributed by atoms with E-state index in [4.69, 9.17) is 21.1 Å². The van der Waals surface area contributed by atoms with Crippen molar-refractivity contribution in [3.8, 4) is 11.5 Å².